The number of nitrogens with zero attached hydrogens (tertiary/aromatic N) is 2. The lowest BCUT2D eigenvalue weighted by Crippen LogP contribution is -2.47. The Morgan fingerprint density at radius 2 is 1.75 bits per heavy atom. The van der Waals surface area contributed by atoms with Crippen molar-refractivity contribution in [1.82, 2.24) is 15.1 Å². The summed E-state index contributed by atoms with van der Waals surface area (Å²) in [5, 5.41) is 6.16. The molecule has 6 nitrogen and oxygen atoms in total. The highest BCUT2D eigenvalue weighted by molar-refractivity contribution is 7.80. The number of benzene rings is 2. The Bertz CT molecular complexity index is 897. The zero-order valence-corrected chi connectivity index (χ0v) is 17.0. The summed E-state index contributed by atoms with van der Waals surface area (Å²) >= 11 is 11.2. The van der Waals surface area contributed by atoms with Crippen molar-refractivity contribution in [3.8, 4) is 0 Å². The van der Waals surface area contributed by atoms with Crippen molar-refractivity contribution >= 4 is 46.4 Å². The molecule has 0 radical (unpaired) electrons. The smallest absolute Gasteiger partial charge is 0.257 e. The topological polar surface area (TPSA) is 64.7 Å². The van der Waals surface area contributed by atoms with Crippen molar-refractivity contribution in [3.05, 3.63) is 64.7 Å². The van der Waals surface area contributed by atoms with E-state index in [9.17, 15) is 9.59 Å². The van der Waals surface area contributed by atoms with E-state index in [0.29, 0.717) is 34.9 Å². The number of carbonyl (C=O) groups excluding carboxylic acids is 2. The lowest BCUT2D eigenvalue weighted by Gasteiger charge is -2.32. The third-order valence-electron chi connectivity index (χ3n) is 4.51. The molecule has 0 aromatic heterocycles. The van der Waals surface area contributed by atoms with Gasteiger partial charge in [-0.2, -0.15) is 0 Å². The first-order valence-corrected chi connectivity index (χ1v) is 9.67. The molecular weight excluding hydrogens is 396 g/mol. The monoisotopic (exact) mass is 416 g/mol. The SMILES string of the molecule is CN1CCN(C(=O)c2ccccc2NC(=S)NC(=O)c2cccc(Cl)c2)CC1. The average Bonchev–Trinajstić information content (AvgIpc) is 2.68. The Morgan fingerprint density at radius 1 is 1.04 bits per heavy atom. The molecular formula is C20H21ClN4O2S. The summed E-state index contributed by atoms with van der Waals surface area (Å²) in [7, 11) is 2.04. The van der Waals surface area contributed by atoms with Crippen LogP contribution in [0, 0.1) is 0 Å². The van der Waals surface area contributed by atoms with Crippen LogP contribution in [0.4, 0.5) is 5.69 Å². The second kappa shape index (κ2) is 9.14. The Morgan fingerprint density at radius 3 is 2.46 bits per heavy atom. The highest BCUT2D eigenvalue weighted by Gasteiger charge is 2.22. The van der Waals surface area contributed by atoms with Gasteiger partial charge in [-0.3, -0.25) is 14.9 Å². The van der Waals surface area contributed by atoms with Gasteiger partial charge in [0.1, 0.15) is 0 Å². The summed E-state index contributed by atoms with van der Waals surface area (Å²) in [5.41, 5.74) is 1.48. The molecule has 0 aliphatic carbocycles. The third kappa shape index (κ3) is 5.07. The van der Waals surface area contributed by atoms with Crippen LogP contribution in [0.3, 0.4) is 0 Å². The number of nitrogens with one attached hydrogen (secondary N) is 2. The largest absolute Gasteiger partial charge is 0.336 e. The zero-order chi connectivity index (χ0) is 20.1. The Hall–Kier alpha value is -2.48. The van der Waals surface area contributed by atoms with Crippen molar-refractivity contribution < 1.29 is 9.59 Å². The Kier molecular flexibility index (Phi) is 6.61. The number of carbonyl (C=O) groups is 2. The van der Waals surface area contributed by atoms with Crippen LogP contribution in [-0.2, 0) is 0 Å². The van der Waals surface area contributed by atoms with Gasteiger partial charge in [0.15, 0.2) is 5.11 Å². The van der Waals surface area contributed by atoms with E-state index in [0.717, 1.165) is 13.1 Å². The number of halogens is 1. The van der Waals surface area contributed by atoms with Crippen LogP contribution in [0.5, 0.6) is 0 Å². The van der Waals surface area contributed by atoms with E-state index in [-0.39, 0.29) is 16.9 Å². The van der Waals surface area contributed by atoms with Crippen molar-refractivity contribution in [2.75, 3.05) is 38.5 Å². The van der Waals surface area contributed by atoms with Crippen LogP contribution < -0.4 is 10.6 Å². The maximum absolute atomic E-state index is 12.9. The first-order valence-electron chi connectivity index (χ1n) is 8.89. The quantitative estimate of drug-likeness (QED) is 0.753. The summed E-state index contributed by atoms with van der Waals surface area (Å²) in [6, 6.07) is 13.7. The van der Waals surface area contributed by atoms with Gasteiger partial charge >= 0.3 is 0 Å². The van der Waals surface area contributed by atoms with Gasteiger partial charge in [0.05, 0.1) is 11.3 Å². The fraction of sp³-hybridized carbons (Fsp3) is 0.250. The number of anilines is 1. The number of hydrogen-bond acceptors (Lipinski definition) is 4. The summed E-state index contributed by atoms with van der Waals surface area (Å²) in [4.78, 5) is 29.2. The van der Waals surface area contributed by atoms with E-state index >= 15 is 0 Å². The van der Waals surface area contributed by atoms with Crippen LogP contribution in [0.2, 0.25) is 5.02 Å². The molecule has 2 amide bonds. The number of para-hydroxylation sites is 1. The molecule has 1 aliphatic rings. The number of thiocarbonyl (C=S) groups is 1. The number of hydrogen-bond donors (Lipinski definition) is 2. The summed E-state index contributed by atoms with van der Waals surface area (Å²) in [6.45, 7) is 3.05. The van der Waals surface area contributed by atoms with E-state index in [1.807, 2.05) is 24.1 Å². The molecule has 0 saturated carbocycles. The molecule has 0 atom stereocenters. The highest BCUT2D eigenvalue weighted by Crippen LogP contribution is 2.18. The van der Waals surface area contributed by atoms with E-state index < -0.39 is 0 Å². The van der Waals surface area contributed by atoms with Crippen molar-refractivity contribution in [2.45, 2.75) is 0 Å². The molecule has 1 heterocycles. The molecule has 146 valence electrons. The number of piperazine rings is 1. The van der Waals surface area contributed by atoms with Crippen LogP contribution in [-0.4, -0.2) is 60.0 Å². The van der Waals surface area contributed by atoms with Gasteiger partial charge in [-0.1, -0.05) is 29.8 Å². The minimum Gasteiger partial charge on any atom is -0.336 e. The second-order valence-corrected chi connectivity index (χ2v) is 7.40. The predicted molar refractivity (Wildman–Crippen MR) is 115 cm³/mol. The standard InChI is InChI=1S/C20H21ClN4O2S/c1-24-9-11-25(12-10-24)19(27)16-7-2-3-8-17(16)22-20(28)23-18(26)14-5-4-6-15(21)13-14/h2-8,13H,9-12H2,1H3,(H2,22,23,26,28). The molecule has 1 aliphatic heterocycles. The molecule has 2 N–H and O–H groups in total. The number of amides is 2. The highest BCUT2D eigenvalue weighted by atomic mass is 35.5. The first kappa shape index (κ1) is 20.3. The van der Waals surface area contributed by atoms with E-state index in [2.05, 4.69) is 15.5 Å². The molecule has 0 spiro atoms. The van der Waals surface area contributed by atoms with Gasteiger partial charge < -0.3 is 15.1 Å². The average molecular weight is 417 g/mol. The molecule has 1 fully saturated rings. The lowest BCUT2D eigenvalue weighted by molar-refractivity contribution is 0.0665. The van der Waals surface area contributed by atoms with Gasteiger partial charge in [0.25, 0.3) is 11.8 Å². The van der Waals surface area contributed by atoms with Crippen molar-refractivity contribution in [2.24, 2.45) is 0 Å². The van der Waals surface area contributed by atoms with Gasteiger partial charge in [-0.15, -0.1) is 0 Å². The molecule has 8 heteroatoms. The van der Waals surface area contributed by atoms with Gasteiger partial charge in [-0.25, -0.2) is 0 Å². The minimum absolute atomic E-state index is 0.0554. The third-order valence-corrected chi connectivity index (χ3v) is 4.95. The molecule has 2 aromatic carbocycles. The van der Waals surface area contributed by atoms with Crippen molar-refractivity contribution in [3.63, 3.8) is 0 Å². The molecule has 3 rings (SSSR count). The lowest BCUT2D eigenvalue weighted by atomic mass is 10.1. The predicted octanol–water partition coefficient (Wildman–Crippen LogP) is 2.85. The maximum Gasteiger partial charge on any atom is 0.257 e. The second-order valence-electron chi connectivity index (χ2n) is 6.56. The molecule has 1 saturated heterocycles. The normalized spacial score (nSPS) is 14.4. The van der Waals surface area contributed by atoms with E-state index in [4.69, 9.17) is 23.8 Å². The van der Waals surface area contributed by atoms with Crippen molar-refractivity contribution in [1.29, 1.82) is 0 Å². The molecule has 28 heavy (non-hydrogen) atoms. The summed E-state index contributed by atoms with van der Waals surface area (Å²) < 4.78 is 0. The fourth-order valence-electron chi connectivity index (χ4n) is 2.92. The van der Waals surface area contributed by atoms with Gasteiger partial charge in [0.2, 0.25) is 0 Å². The minimum atomic E-state index is -0.372. The van der Waals surface area contributed by atoms with Gasteiger partial charge in [0, 0.05) is 36.8 Å². The fourth-order valence-corrected chi connectivity index (χ4v) is 3.31. The first-order chi connectivity index (χ1) is 13.4. The van der Waals surface area contributed by atoms with E-state index in [1.54, 1.807) is 36.4 Å². The maximum atomic E-state index is 12.9. The summed E-state index contributed by atoms with van der Waals surface area (Å²) in [5.74, 6) is -0.428. The van der Waals surface area contributed by atoms with Gasteiger partial charge in [-0.05, 0) is 49.6 Å². The molecule has 0 bridgehead atoms. The summed E-state index contributed by atoms with van der Waals surface area (Å²) in [6.07, 6.45) is 0. The zero-order valence-electron chi connectivity index (χ0n) is 15.4. The molecule has 0 unspecified atom stereocenters. The molecule has 2 aromatic rings. The Balaban J connectivity index is 1.68. The van der Waals surface area contributed by atoms with E-state index in [1.165, 1.54) is 0 Å². The number of rotatable bonds is 3. The van der Waals surface area contributed by atoms with Crippen LogP contribution in [0.1, 0.15) is 20.7 Å². The van der Waals surface area contributed by atoms with Crippen LogP contribution in [0.15, 0.2) is 48.5 Å². The number of likely N-dealkylation sites (N-methyl/N-ethyl adjacent to an activating group) is 1. The van der Waals surface area contributed by atoms with Crippen LogP contribution in [0.25, 0.3) is 0 Å². The van der Waals surface area contributed by atoms with Crippen LogP contribution >= 0.6 is 23.8 Å². The Labute approximate surface area is 174 Å².